The first-order chi connectivity index (χ1) is 12.5. The highest BCUT2D eigenvalue weighted by atomic mass is 32.1. The molecule has 0 aliphatic heterocycles. The summed E-state index contributed by atoms with van der Waals surface area (Å²) in [5.41, 5.74) is 1.66. The predicted molar refractivity (Wildman–Crippen MR) is 103 cm³/mol. The Morgan fingerprint density at radius 3 is 2.73 bits per heavy atom. The Morgan fingerprint density at radius 2 is 2.00 bits per heavy atom. The van der Waals surface area contributed by atoms with E-state index >= 15 is 0 Å². The van der Waals surface area contributed by atoms with E-state index in [-0.39, 0.29) is 17.8 Å². The number of carbonyl (C=O) groups is 1. The lowest BCUT2D eigenvalue weighted by Crippen LogP contribution is -2.40. The molecule has 136 valence electrons. The molecule has 1 aliphatic rings. The second kappa shape index (κ2) is 6.83. The van der Waals surface area contributed by atoms with Crippen molar-refractivity contribution in [1.82, 2.24) is 15.1 Å². The number of halogens is 1. The zero-order valence-corrected chi connectivity index (χ0v) is 15.8. The van der Waals surface area contributed by atoms with Crippen molar-refractivity contribution in [1.29, 1.82) is 0 Å². The van der Waals surface area contributed by atoms with Crippen LogP contribution in [0.1, 0.15) is 48.0 Å². The average molecular weight is 371 g/mol. The molecule has 0 unspecified atom stereocenters. The molecule has 1 saturated carbocycles. The van der Waals surface area contributed by atoms with Gasteiger partial charge in [0.1, 0.15) is 10.6 Å². The van der Waals surface area contributed by atoms with Gasteiger partial charge in [-0.05, 0) is 56.0 Å². The van der Waals surface area contributed by atoms with Crippen LogP contribution >= 0.6 is 11.3 Å². The van der Waals surface area contributed by atoms with Crippen LogP contribution in [-0.2, 0) is 0 Å². The molecule has 0 spiro atoms. The van der Waals surface area contributed by atoms with Gasteiger partial charge in [-0.15, -0.1) is 11.3 Å². The number of carbonyl (C=O) groups excluding carboxylic acids is 1. The molecule has 1 aliphatic carbocycles. The third-order valence-corrected chi connectivity index (χ3v) is 6.38. The van der Waals surface area contributed by atoms with Gasteiger partial charge in [0.2, 0.25) is 0 Å². The van der Waals surface area contributed by atoms with E-state index in [1.54, 1.807) is 16.8 Å². The van der Waals surface area contributed by atoms with Crippen molar-refractivity contribution >= 4 is 27.5 Å². The second-order valence-electron chi connectivity index (χ2n) is 7.14. The van der Waals surface area contributed by atoms with E-state index in [0.29, 0.717) is 10.8 Å². The third kappa shape index (κ3) is 3.14. The lowest BCUT2D eigenvalue weighted by atomic mass is 9.86. The lowest BCUT2D eigenvalue weighted by Gasteiger charge is -2.29. The normalized spacial score (nSPS) is 20.4. The van der Waals surface area contributed by atoms with Crippen LogP contribution in [0.2, 0.25) is 0 Å². The van der Waals surface area contributed by atoms with Gasteiger partial charge in [0.05, 0.1) is 16.3 Å². The second-order valence-corrected chi connectivity index (χ2v) is 8.18. The minimum absolute atomic E-state index is 0.00462. The molecule has 6 heteroatoms. The van der Waals surface area contributed by atoms with Gasteiger partial charge in [-0.1, -0.05) is 19.8 Å². The average Bonchev–Trinajstić information content (AvgIpc) is 3.19. The monoisotopic (exact) mass is 371 g/mol. The van der Waals surface area contributed by atoms with Crippen LogP contribution in [0.3, 0.4) is 0 Å². The first-order valence-electron chi connectivity index (χ1n) is 9.09. The molecule has 4 rings (SSSR count). The molecule has 3 aromatic rings. The summed E-state index contributed by atoms with van der Waals surface area (Å²) in [6.07, 6.45) is 4.67. The van der Waals surface area contributed by atoms with Crippen LogP contribution in [0.4, 0.5) is 4.39 Å². The topological polar surface area (TPSA) is 46.9 Å². The number of aryl methyl sites for hydroxylation is 1. The van der Waals surface area contributed by atoms with Crippen LogP contribution in [0.15, 0.2) is 30.3 Å². The number of thiophene rings is 1. The number of rotatable bonds is 3. The highest BCUT2D eigenvalue weighted by Crippen LogP contribution is 2.31. The molecule has 1 aromatic carbocycles. The zero-order chi connectivity index (χ0) is 18.3. The molecule has 4 nitrogen and oxygen atoms in total. The number of nitrogens with zero attached hydrogens (tertiary/aromatic N) is 2. The number of fused-ring (bicyclic) bond motifs is 1. The molecule has 26 heavy (non-hydrogen) atoms. The summed E-state index contributed by atoms with van der Waals surface area (Å²) in [6, 6.07) is 8.42. The third-order valence-electron chi connectivity index (χ3n) is 5.27. The van der Waals surface area contributed by atoms with E-state index in [4.69, 9.17) is 0 Å². The number of hydrogen-bond donors (Lipinski definition) is 1. The van der Waals surface area contributed by atoms with E-state index in [9.17, 15) is 9.18 Å². The Bertz CT molecular complexity index is 944. The fourth-order valence-electron chi connectivity index (χ4n) is 3.69. The fourth-order valence-corrected chi connectivity index (χ4v) is 4.77. The van der Waals surface area contributed by atoms with E-state index in [0.717, 1.165) is 28.0 Å². The van der Waals surface area contributed by atoms with E-state index in [1.165, 1.54) is 42.7 Å². The van der Waals surface area contributed by atoms with Gasteiger partial charge in [-0.3, -0.25) is 4.79 Å². The van der Waals surface area contributed by atoms with Gasteiger partial charge in [0.15, 0.2) is 0 Å². The van der Waals surface area contributed by atoms with Crippen LogP contribution < -0.4 is 5.32 Å². The van der Waals surface area contributed by atoms with Crippen molar-refractivity contribution in [2.75, 3.05) is 0 Å². The van der Waals surface area contributed by atoms with Gasteiger partial charge < -0.3 is 5.32 Å². The number of hydrogen-bond acceptors (Lipinski definition) is 3. The molecular weight excluding hydrogens is 349 g/mol. The van der Waals surface area contributed by atoms with Gasteiger partial charge in [-0.2, -0.15) is 5.10 Å². The molecule has 2 aromatic heterocycles. The maximum absolute atomic E-state index is 13.2. The lowest BCUT2D eigenvalue weighted by molar-refractivity contribution is 0.0914. The smallest absolute Gasteiger partial charge is 0.261 e. The summed E-state index contributed by atoms with van der Waals surface area (Å²) in [4.78, 5) is 14.4. The van der Waals surface area contributed by atoms with Crippen molar-refractivity contribution in [2.45, 2.75) is 45.6 Å². The van der Waals surface area contributed by atoms with Crippen LogP contribution in [0, 0.1) is 18.7 Å². The molecule has 1 fully saturated rings. The summed E-state index contributed by atoms with van der Waals surface area (Å²) < 4.78 is 15.0. The number of benzene rings is 1. The van der Waals surface area contributed by atoms with Gasteiger partial charge in [0, 0.05) is 11.4 Å². The standard InChI is InChI=1S/C20H22FN3OS/c1-12-5-3-4-6-17(12)22-19(25)18-11-16-13(2)23-24(20(16)26-18)15-9-7-14(21)8-10-15/h7-12,17H,3-6H2,1-2H3,(H,22,25)/t12-,17+/m0/s1. The Hall–Kier alpha value is -2.21. The Kier molecular flexibility index (Phi) is 4.53. The Morgan fingerprint density at radius 1 is 1.27 bits per heavy atom. The molecular formula is C20H22FN3OS. The van der Waals surface area contributed by atoms with Crippen molar-refractivity contribution in [3.63, 3.8) is 0 Å². The van der Waals surface area contributed by atoms with Crippen LogP contribution in [0.25, 0.3) is 15.9 Å². The molecule has 0 bridgehead atoms. The van der Waals surface area contributed by atoms with Crippen molar-refractivity contribution in [3.8, 4) is 5.69 Å². The first-order valence-corrected chi connectivity index (χ1v) is 9.90. The summed E-state index contributed by atoms with van der Waals surface area (Å²) in [6.45, 7) is 4.14. The number of nitrogens with one attached hydrogen (secondary N) is 1. The summed E-state index contributed by atoms with van der Waals surface area (Å²) in [5, 5.41) is 8.74. The highest BCUT2D eigenvalue weighted by molar-refractivity contribution is 7.20. The number of amides is 1. The van der Waals surface area contributed by atoms with Crippen molar-refractivity contribution in [2.24, 2.45) is 5.92 Å². The predicted octanol–water partition coefficient (Wildman–Crippen LogP) is 4.84. The molecule has 1 amide bonds. The van der Waals surface area contributed by atoms with Gasteiger partial charge in [-0.25, -0.2) is 9.07 Å². The molecule has 2 heterocycles. The van der Waals surface area contributed by atoms with Crippen molar-refractivity contribution in [3.05, 3.63) is 46.7 Å². The van der Waals surface area contributed by atoms with E-state index in [2.05, 4.69) is 17.3 Å². The Balaban J connectivity index is 1.64. The largest absolute Gasteiger partial charge is 0.348 e. The fraction of sp³-hybridized carbons (Fsp3) is 0.400. The molecule has 0 saturated heterocycles. The minimum atomic E-state index is -0.276. The summed E-state index contributed by atoms with van der Waals surface area (Å²) >= 11 is 1.44. The number of aromatic nitrogens is 2. The minimum Gasteiger partial charge on any atom is -0.348 e. The molecule has 1 N–H and O–H groups in total. The first kappa shape index (κ1) is 17.2. The quantitative estimate of drug-likeness (QED) is 0.716. The van der Waals surface area contributed by atoms with Crippen LogP contribution in [-0.4, -0.2) is 21.7 Å². The van der Waals surface area contributed by atoms with E-state index < -0.39 is 0 Å². The van der Waals surface area contributed by atoms with E-state index in [1.807, 2.05) is 13.0 Å². The Labute approximate surface area is 156 Å². The summed E-state index contributed by atoms with van der Waals surface area (Å²) in [7, 11) is 0. The SMILES string of the molecule is Cc1nn(-c2ccc(F)cc2)c2sc(C(=O)N[C@@H]3CCCC[C@@H]3C)cc12. The van der Waals surface area contributed by atoms with Gasteiger partial charge in [0.25, 0.3) is 5.91 Å². The van der Waals surface area contributed by atoms with Crippen LogP contribution in [0.5, 0.6) is 0 Å². The molecule has 2 atom stereocenters. The highest BCUT2D eigenvalue weighted by Gasteiger charge is 2.25. The maximum atomic E-state index is 13.2. The summed E-state index contributed by atoms with van der Waals surface area (Å²) in [5.74, 6) is 0.246. The van der Waals surface area contributed by atoms with Gasteiger partial charge >= 0.3 is 0 Å². The van der Waals surface area contributed by atoms with Crippen molar-refractivity contribution < 1.29 is 9.18 Å². The maximum Gasteiger partial charge on any atom is 0.261 e. The molecule has 0 radical (unpaired) electrons. The zero-order valence-electron chi connectivity index (χ0n) is 15.0.